The summed E-state index contributed by atoms with van der Waals surface area (Å²) in [6.07, 6.45) is 0. The molecule has 0 bridgehead atoms. The molecule has 1 N–H and O–H groups in total. The fraction of sp³-hybridized carbons (Fsp3) is 0.250. The highest BCUT2D eigenvalue weighted by molar-refractivity contribution is 8.01. The Morgan fingerprint density at radius 1 is 1.46 bits per heavy atom. The van der Waals surface area contributed by atoms with Gasteiger partial charge in [0.05, 0.1) is 4.92 Å². The SMILES string of the molecule is CC(=O)OCC1=C(C(=O)O)N2C(=O)C(=NSc3ccccc3[N+](=O)[O-])[C@@H]2SC1. The van der Waals surface area contributed by atoms with Gasteiger partial charge < -0.3 is 9.84 Å². The minimum Gasteiger partial charge on any atom is -0.477 e. The van der Waals surface area contributed by atoms with E-state index in [0.717, 1.165) is 16.8 Å². The van der Waals surface area contributed by atoms with Gasteiger partial charge in [-0.2, -0.15) is 0 Å². The van der Waals surface area contributed by atoms with Gasteiger partial charge in [0.15, 0.2) is 0 Å². The summed E-state index contributed by atoms with van der Waals surface area (Å²) in [5.74, 6) is -2.20. The van der Waals surface area contributed by atoms with E-state index in [1.807, 2.05) is 0 Å². The van der Waals surface area contributed by atoms with E-state index in [0.29, 0.717) is 5.57 Å². The van der Waals surface area contributed by atoms with E-state index in [1.165, 1.54) is 36.9 Å². The molecule has 0 unspecified atom stereocenters. The van der Waals surface area contributed by atoms with E-state index in [2.05, 4.69) is 4.40 Å². The van der Waals surface area contributed by atoms with Gasteiger partial charge in [-0.1, -0.05) is 12.1 Å². The smallest absolute Gasteiger partial charge is 0.352 e. The first-order valence-electron chi connectivity index (χ1n) is 7.83. The molecule has 12 heteroatoms. The number of ether oxygens (including phenoxy) is 1. The number of thioether (sulfide) groups is 1. The van der Waals surface area contributed by atoms with Crippen LogP contribution in [0.15, 0.2) is 44.8 Å². The highest BCUT2D eigenvalue weighted by Crippen LogP contribution is 2.40. The molecule has 3 rings (SSSR count). The standard InChI is InChI=1S/C16H13N3O7S2/c1-8(20)26-6-9-7-27-15-12(14(21)18(15)13(9)16(22)23)17-28-11-5-3-2-4-10(11)19(24)25/h2-5,15H,6-7H2,1H3,(H,22,23)/t15-/m0/s1. The summed E-state index contributed by atoms with van der Waals surface area (Å²) in [4.78, 5) is 47.0. The van der Waals surface area contributed by atoms with E-state index in [1.54, 1.807) is 6.07 Å². The van der Waals surface area contributed by atoms with Crippen molar-refractivity contribution >= 4 is 53.0 Å². The van der Waals surface area contributed by atoms with E-state index in [9.17, 15) is 29.6 Å². The van der Waals surface area contributed by atoms with Crippen molar-refractivity contribution in [3.05, 3.63) is 45.6 Å². The van der Waals surface area contributed by atoms with Gasteiger partial charge >= 0.3 is 11.9 Å². The second kappa shape index (κ2) is 8.02. The molecule has 10 nitrogen and oxygen atoms in total. The number of amides is 1. The van der Waals surface area contributed by atoms with Crippen LogP contribution in [0.2, 0.25) is 0 Å². The third-order valence-corrected chi connectivity index (χ3v) is 5.95. The molecule has 0 saturated carbocycles. The molecule has 146 valence electrons. The first-order valence-corrected chi connectivity index (χ1v) is 9.65. The quantitative estimate of drug-likeness (QED) is 0.239. The molecule has 0 aliphatic carbocycles. The molecule has 0 spiro atoms. The Labute approximate surface area is 166 Å². The zero-order valence-corrected chi connectivity index (χ0v) is 16.0. The maximum atomic E-state index is 12.5. The summed E-state index contributed by atoms with van der Waals surface area (Å²) in [7, 11) is 0. The summed E-state index contributed by atoms with van der Waals surface area (Å²) in [6, 6.07) is 5.99. The summed E-state index contributed by atoms with van der Waals surface area (Å²) in [6.45, 7) is 0.997. The van der Waals surface area contributed by atoms with Gasteiger partial charge in [0, 0.05) is 36.3 Å². The van der Waals surface area contributed by atoms with Gasteiger partial charge in [0.25, 0.3) is 11.6 Å². The number of β-lactam (4-membered cyclic amide) rings is 1. The highest BCUT2D eigenvalue weighted by atomic mass is 32.2. The van der Waals surface area contributed by atoms with E-state index in [4.69, 9.17) is 4.74 Å². The fourth-order valence-electron chi connectivity index (χ4n) is 2.60. The van der Waals surface area contributed by atoms with E-state index >= 15 is 0 Å². The lowest BCUT2D eigenvalue weighted by atomic mass is 10.1. The number of benzene rings is 1. The number of esters is 1. The molecule has 1 fully saturated rings. The number of para-hydroxylation sites is 1. The number of nitro groups is 1. The molecule has 2 aliphatic rings. The van der Waals surface area contributed by atoms with Crippen molar-refractivity contribution in [2.45, 2.75) is 17.2 Å². The largest absolute Gasteiger partial charge is 0.477 e. The molecular formula is C16H13N3O7S2. The zero-order valence-electron chi connectivity index (χ0n) is 14.4. The number of nitrogens with zero attached hydrogens (tertiary/aromatic N) is 3. The molecule has 1 atom stereocenters. The lowest BCUT2D eigenvalue weighted by molar-refractivity contribution is -0.387. The minimum atomic E-state index is -1.30. The van der Waals surface area contributed by atoms with Crippen LogP contribution in [0.5, 0.6) is 0 Å². The number of carboxylic acids is 1. The Bertz CT molecular complexity index is 944. The normalized spacial score (nSPS) is 19.9. The lowest BCUT2D eigenvalue weighted by Gasteiger charge is -2.44. The fourth-order valence-corrected chi connectivity index (χ4v) is 4.66. The number of hydrogen-bond donors (Lipinski definition) is 1. The topological polar surface area (TPSA) is 139 Å². The lowest BCUT2D eigenvalue weighted by Crippen LogP contribution is -2.62. The molecule has 1 aromatic carbocycles. The van der Waals surface area contributed by atoms with Crippen LogP contribution >= 0.6 is 23.7 Å². The second-order valence-electron chi connectivity index (χ2n) is 5.67. The molecule has 1 saturated heterocycles. The summed E-state index contributed by atoms with van der Waals surface area (Å²) in [5, 5.41) is 19.9. The predicted octanol–water partition coefficient (Wildman–Crippen LogP) is 1.86. The van der Waals surface area contributed by atoms with Crippen LogP contribution < -0.4 is 0 Å². The molecular weight excluding hydrogens is 410 g/mol. The Hall–Kier alpha value is -2.86. The number of carboxylic acid groups (broad SMARTS) is 1. The maximum absolute atomic E-state index is 12.5. The average Bonchev–Trinajstić information content (AvgIpc) is 2.65. The third-order valence-electron chi connectivity index (χ3n) is 3.85. The van der Waals surface area contributed by atoms with Gasteiger partial charge in [0.2, 0.25) is 0 Å². The van der Waals surface area contributed by atoms with Crippen molar-refractivity contribution in [2.24, 2.45) is 4.40 Å². The van der Waals surface area contributed by atoms with Crippen LogP contribution in [-0.4, -0.2) is 56.2 Å². The molecule has 2 heterocycles. The minimum absolute atomic E-state index is 0.124. The van der Waals surface area contributed by atoms with Crippen LogP contribution in [0.3, 0.4) is 0 Å². The number of nitro benzene ring substituents is 1. The first kappa shape index (κ1) is 19.9. The summed E-state index contributed by atoms with van der Waals surface area (Å²) in [5.41, 5.74) is 0.0948. The van der Waals surface area contributed by atoms with Gasteiger partial charge in [-0.05, 0) is 6.07 Å². The summed E-state index contributed by atoms with van der Waals surface area (Å²) < 4.78 is 8.98. The van der Waals surface area contributed by atoms with Gasteiger partial charge in [-0.15, -0.1) is 11.8 Å². The van der Waals surface area contributed by atoms with Crippen LogP contribution in [0, 0.1) is 10.1 Å². The van der Waals surface area contributed by atoms with Crippen molar-refractivity contribution in [1.29, 1.82) is 0 Å². The first-order chi connectivity index (χ1) is 13.3. The monoisotopic (exact) mass is 423 g/mol. The van der Waals surface area contributed by atoms with Crippen molar-refractivity contribution in [2.75, 3.05) is 12.4 Å². The molecule has 1 aromatic rings. The summed E-state index contributed by atoms with van der Waals surface area (Å²) >= 11 is 2.06. The number of carbonyl (C=O) groups is 3. The Kier molecular flexibility index (Phi) is 5.70. The maximum Gasteiger partial charge on any atom is 0.352 e. The van der Waals surface area contributed by atoms with Crippen LogP contribution in [0.1, 0.15) is 6.92 Å². The van der Waals surface area contributed by atoms with Gasteiger partial charge in [0.1, 0.15) is 28.3 Å². The number of hydrogen-bond acceptors (Lipinski definition) is 9. The van der Waals surface area contributed by atoms with Crippen LogP contribution in [-0.2, 0) is 19.1 Å². The average molecular weight is 423 g/mol. The van der Waals surface area contributed by atoms with E-state index in [-0.39, 0.29) is 34.4 Å². The molecule has 0 aromatic heterocycles. The molecule has 28 heavy (non-hydrogen) atoms. The highest BCUT2D eigenvalue weighted by Gasteiger charge is 2.51. The molecule has 1 amide bonds. The number of fused-ring (bicyclic) bond motifs is 1. The predicted molar refractivity (Wildman–Crippen MR) is 101 cm³/mol. The van der Waals surface area contributed by atoms with Gasteiger partial charge in [-0.3, -0.25) is 24.6 Å². The van der Waals surface area contributed by atoms with E-state index < -0.39 is 28.1 Å². The second-order valence-corrected chi connectivity index (χ2v) is 7.54. The van der Waals surface area contributed by atoms with Crippen molar-refractivity contribution in [1.82, 2.24) is 4.90 Å². The number of rotatable bonds is 6. The zero-order chi connectivity index (χ0) is 20.4. The van der Waals surface area contributed by atoms with Crippen LogP contribution in [0.25, 0.3) is 0 Å². The number of aliphatic carboxylic acids is 1. The van der Waals surface area contributed by atoms with Crippen LogP contribution in [0.4, 0.5) is 5.69 Å². The number of carbonyl (C=O) groups excluding carboxylic acids is 2. The molecule has 0 radical (unpaired) electrons. The van der Waals surface area contributed by atoms with Crippen molar-refractivity contribution in [3.8, 4) is 0 Å². The van der Waals surface area contributed by atoms with Crippen molar-refractivity contribution in [3.63, 3.8) is 0 Å². The van der Waals surface area contributed by atoms with Crippen molar-refractivity contribution < 1.29 is 29.2 Å². The Morgan fingerprint density at radius 2 is 2.18 bits per heavy atom. The third kappa shape index (κ3) is 3.73. The Morgan fingerprint density at radius 3 is 2.82 bits per heavy atom. The van der Waals surface area contributed by atoms with Gasteiger partial charge in [-0.25, -0.2) is 9.19 Å². The molecule has 2 aliphatic heterocycles. The Balaban J connectivity index is 1.82.